The maximum atomic E-state index is 15.6. The predicted molar refractivity (Wildman–Crippen MR) is 207 cm³/mol. The molecule has 5 aromatic rings. The number of ether oxygens (including phenoxy) is 2. The molecule has 2 N–H and O–H groups in total. The van der Waals surface area contributed by atoms with E-state index >= 15 is 8.78 Å². The van der Waals surface area contributed by atoms with Gasteiger partial charge >= 0.3 is 5.69 Å². The second kappa shape index (κ2) is 16.4. The van der Waals surface area contributed by atoms with Crippen LogP contribution in [0.25, 0.3) is 27.6 Å². The SMILES string of the molecule is Cn1nc(-n2ccc(=O)[nH]c2=O)c2cc(F)c(C3CCN(CCN4CCC(COc5cc(F)c6c(=O)[nH]c(CSC7CCOCC7)nc6c5)CC4)CC3)cc21. The molecule has 292 valence electrons. The lowest BCUT2D eigenvalue weighted by molar-refractivity contribution is 0.1000. The summed E-state index contributed by atoms with van der Waals surface area (Å²) < 4.78 is 45.0. The van der Waals surface area contributed by atoms with Gasteiger partial charge in [0.15, 0.2) is 5.82 Å². The molecule has 6 heterocycles. The van der Waals surface area contributed by atoms with Crippen molar-refractivity contribution in [2.75, 3.05) is 59.1 Å². The van der Waals surface area contributed by atoms with E-state index in [0.29, 0.717) is 51.6 Å². The van der Waals surface area contributed by atoms with Gasteiger partial charge in [-0.15, -0.1) is 0 Å². The fraction of sp³-hybridized carbons (Fsp3) is 0.513. The van der Waals surface area contributed by atoms with E-state index in [1.807, 2.05) is 6.07 Å². The van der Waals surface area contributed by atoms with Crippen LogP contribution in [0.15, 0.2) is 50.9 Å². The molecule has 3 aromatic heterocycles. The van der Waals surface area contributed by atoms with Gasteiger partial charge in [0.05, 0.1) is 23.4 Å². The summed E-state index contributed by atoms with van der Waals surface area (Å²) in [6.45, 7) is 7.59. The number of aromatic nitrogens is 6. The van der Waals surface area contributed by atoms with Crippen molar-refractivity contribution >= 4 is 33.6 Å². The van der Waals surface area contributed by atoms with Crippen LogP contribution < -0.4 is 21.5 Å². The maximum Gasteiger partial charge on any atom is 0.334 e. The third-order valence-corrected chi connectivity index (χ3v) is 12.7. The minimum atomic E-state index is -0.625. The van der Waals surface area contributed by atoms with Gasteiger partial charge in [0.1, 0.15) is 28.6 Å². The number of rotatable bonds is 11. The molecule has 3 fully saturated rings. The largest absolute Gasteiger partial charge is 0.493 e. The van der Waals surface area contributed by atoms with Crippen molar-refractivity contribution in [2.24, 2.45) is 13.0 Å². The summed E-state index contributed by atoms with van der Waals surface area (Å²) in [4.78, 5) is 51.2. The average Bonchev–Trinajstić information content (AvgIpc) is 3.49. The van der Waals surface area contributed by atoms with E-state index in [1.165, 1.54) is 29.0 Å². The van der Waals surface area contributed by atoms with E-state index in [4.69, 9.17) is 9.47 Å². The smallest absolute Gasteiger partial charge is 0.334 e. The van der Waals surface area contributed by atoms with Gasteiger partial charge in [-0.1, -0.05) is 0 Å². The molecule has 55 heavy (non-hydrogen) atoms. The van der Waals surface area contributed by atoms with E-state index in [0.717, 1.165) is 96.5 Å². The lowest BCUT2D eigenvalue weighted by atomic mass is 9.88. The van der Waals surface area contributed by atoms with Crippen LogP contribution in [0.4, 0.5) is 8.78 Å². The fourth-order valence-electron chi connectivity index (χ4n) is 8.13. The molecular weight excluding hydrogens is 731 g/mol. The zero-order valence-corrected chi connectivity index (χ0v) is 31.7. The lowest BCUT2D eigenvalue weighted by Crippen LogP contribution is -2.42. The van der Waals surface area contributed by atoms with Gasteiger partial charge in [-0.2, -0.15) is 16.9 Å². The first-order chi connectivity index (χ1) is 26.7. The van der Waals surface area contributed by atoms with E-state index in [2.05, 4.69) is 29.9 Å². The van der Waals surface area contributed by atoms with Gasteiger partial charge in [-0.05, 0) is 94.2 Å². The Kier molecular flexibility index (Phi) is 11.2. The number of benzene rings is 2. The standard InChI is InChI=1S/C39H46F2N8O5S/c1-46-33-21-28(30(40)20-29(33)37(45-46)49-13-6-35(50)44-39(49)52)25-4-11-48(12-5-25)15-14-47-9-2-24(3-10-47)22-54-26-18-31(41)36-32(19-26)42-34(43-38(36)51)23-55-27-7-16-53-17-8-27/h6,13,18-21,24-25,27H,2-5,7-12,14-17,22-23H2,1H3,(H,42,43,51)(H,44,50,52). The summed E-state index contributed by atoms with van der Waals surface area (Å²) in [5.41, 5.74) is 0.113. The van der Waals surface area contributed by atoms with Crippen molar-refractivity contribution in [2.45, 2.75) is 55.4 Å². The number of aryl methyl sites for hydroxylation is 1. The number of piperidine rings is 2. The van der Waals surface area contributed by atoms with Crippen molar-refractivity contribution in [1.82, 2.24) is 39.1 Å². The van der Waals surface area contributed by atoms with Crippen LogP contribution >= 0.6 is 11.8 Å². The molecule has 3 aliphatic rings. The second-order valence-electron chi connectivity index (χ2n) is 15.0. The minimum absolute atomic E-state index is 0.0401. The molecule has 0 saturated carbocycles. The van der Waals surface area contributed by atoms with Crippen LogP contribution in [0.1, 0.15) is 55.8 Å². The topological polar surface area (TPSA) is 143 Å². The van der Waals surface area contributed by atoms with E-state index in [-0.39, 0.29) is 22.9 Å². The molecule has 13 nitrogen and oxygen atoms in total. The molecule has 0 unspecified atom stereocenters. The zero-order chi connectivity index (χ0) is 38.1. The fourth-order valence-corrected chi connectivity index (χ4v) is 9.19. The minimum Gasteiger partial charge on any atom is -0.493 e. The Bertz CT molecular complexity index is 2340. The Balaban J connectivity index is 0.797. The molecule has 8 rings (SSSR count). The van der Waals surface area contributed by atoms with Crippen LogP contribution in [-0.4, -0.2) is 103 Å². The van der Waals surface area contributed by atoms with Crippen LogP contribution in [0, 0.1) is 17.6 Å². The number of likely N-dealkylation sites (tertiary alicyclic amines) is 2. The Morgan fingerprint density at radius 3 is 2.36 bits per heavy atom. The number of hydrogen-bond donors (Lipinski definition) is 2. The monoisotopic (exact) mass is 776 g/mol. The van der Waals surface area contributed by atoms with Crippen molar-refractivity contribution < 1.29 is 18.3 Å². The molecule has 0 radical (unpaired) electrons. The second-order valence-corrected chi connectivity index (χ2v) is 16.3. The van der Waals surface area contributed by atoms with Gasteiger partial charge in [0.25, 0.3) is 11.1 Å². The molecule has 0 spiro atoms. The summed E-state index contributed by atoms with van der Waals surface area (Å²) in [5.74, 6) is 1.26. The number of halogens is 2. The Morgan fingerprint density at radius 1 is 0.909 bits per heavy atom. The third-order valence-electron chi connectivity index (χ3n) is 11.4. The molecule has 3 saturated heterocycles. The first kappa shape index (κ1) is 37.5. The highest BCUT2D eigenvalue weighted by Gasteiger charge is 2.27. The van der Waals surface area contributed by atoms with Crippen LogP contribution in [0.3, 0.4) is 0 Å². The highest BCUT2D eigenvalue weighted by atomic mass is 32.2. The number of hydrogen-bond acceptors (Lipinski definition) is 10. The number of fused-ring (bicyclic) bond motifs is 2. The van der Waals surface area contributed by atoms with Crippen LogP contribution in [0.2, 0.25) is 0 Å². The maximum absolute atomic E-state index is 15.6. The molecule has 0 aliphatic carbocycles. The normalized spacial score (nSPS) is 18.5. The number of thioether (sulfide) groups is 1. The molecule has 3 aliphatic heterocycles. The molecular formula is C39H46F2N8O5S. The summed E-state index contributed by atoms with van der Waals surface area (Å²) in [6, 6.07) is 7.51. The summed E-state index contributed by atoms with van der Waals surface area (Å²) in [6.07, 6.45) is 6.96. The summed E-state index contributed by atoms with van der Waals surface area (Å²) >= 11 is 1.74. The zero-order valence-electron chi connectivity index (χ0n) is 30.9. The van der Waals surface area contributed by atoms with E-state index < -0.39 is 22.6 Å². The van der Waals surface area contributed by atoms with Crippen molar-refractivity contribution in [3.63, 3.8) is 0 Å². The number of nitrogens with zero attached hydrogens (tertiary/aromatic N) is 6. The van der Waals surface area contributed by atoms with Gasteiger partial charge < -0.3 is 24.3 Å². The van der Waals surface area contributed by atoms with Crippen LogP contribution in [-0.2, 0) is 17.5 Å². The highest BCUT2D eigenvalue weighted by molar-refractivity contribution is 7.99. The van der Waals surface area contributed by atoms with Crippen LogP contribution in [0.5, 0.6) is 5.75 Å². The average molecular weight is 777 g/mol. The number of aromatic amines is 2. The summed E-state index contributed by atoms with van der Waals surface area (Å²) in [7, 11) is 1.76. The van der Waals surface area contributed by atoms with Crippen molar-refractivity contribution in [3.05, 3.63) is 90.7 Å². The molecule has 2 aromatic carbocycles. The molecule has 16 heteroatoms. The van der Waals surface area contributed by atoms with E-state index in [9.17, 15) is 14.4 Å². The first-order valence-corrected chi connectivity index (χ1v) is 20.2. The van der Waals surface area contributed by atoms with Gasteiger partial charge in [0, 0.05) is 68.4 Å². The molecule has 0 atom stereocenters. The van der Waals surface area contributed by atoms with Gasteiger partial charge in [-0.3, -0.25) is 23.8 Å². The predicted octanol–water partition coefficient (Wildman–Crippen LogP) is 4.31. The Labute approximate surface area is 320 Å². The third kappa shape index (κ3) is 8.42. The number of nitrogens with one attached hydrogen (secondary N) is 2. The van der Waals surface area contributed by atoms with Crippen molar-refractivity contribution in [3.8, 4) is 11.6 Å². The quantitative estimate of drug-likeness (QED) is 0.199. The first-order valence-electron chi connectivity index (χ1n) is 19.2. The lowest BCUT2D eigenvalue weighted by Gasteiger charge is -2.36. The Morgan fingerprint density at radius 2 is 1.64 bits per heavy atom. The molecule has 0 bridgehead atoms. The number of H-pyrrole nitrogens is 2. The summed E-state index contributed by atoms with van der Waals surface area (Å²) in [5, 5.41) is 5.39. The van der Waals surface area contributed by atoms with Gasteiger partial charge in [-0.25, -0.2) is 18.6 Å². The van der Waals surface area contributed by atoms with Gasteiger partial charge in [0.2, 0.25) is 0 Å². The Hall–Kier alpha value is -4.38. The van der Waals surface area contributed by atoms with E-state index in [1.54, 1.807) is 29.6 Å². The highest BCUT2D eigenvalue weighted by Crippen LogP contribution is 2.34. The van der Waals surface area contributed by atoms with Crippen molar-refractivity contribution in [1.29, 1.82) is 0 Å². The molecule has 0 amide bonds.